The monoisotopic (exact) mass is 153 g/mol. The molecule has 0 aliphatic heterocycles. The first kappa shape index (κ1) is 7.29. The van der Waals surface area contributed by atoms with E-state index in [2.05, 4.69) is 4.98 Å². The van der Waals surface area contributed by atoms with Crippen molar-refractivity contribution >= 4 is 17.7 Å². The Balaban J connectivity index is 2.95. The summed E-state index contributed by atoms with van der Waals surface area (Å²) in [5, 5.41) is 0.676. The first-order valence-electron chi connectivity index (χ1n) is 3.06. The molecule has 10 heavy (non-hydrogen) atoms. The Kier molecular flexibility index (Phi) is 2.46. The van der Waals surface area contributed by atoms with E-state index in [9.17, 15) is 0 Å². The van der Waals surface area contributed by atoms with E-state index in [-0.39, 0.29) is 0 Å². The molecule has 0 fully saturated rings. The Morgan fingerprint density at radius 3 is 2.90 bits per heavy atom. The average Bonchev–Trinajstić information content (AvgIpc) is 1.88. The summed E-state index contributed by atoms with van der Waals surface area (Å²) in [5.74, 6) is 0. The van der Waals surface area contributed by atoms with Crippen LogP contribution in [-0.4, -0.2) is 4.98 Å². The van der Waals surface area contributed by atoms with Gasteiger partial charge in [-0.2, -0.15) is 0 Å². The summed E-state index contributed by atoms with van der Waals surface area (Å²) in [4.78, 5) is 3.92. The van der Waals surface area contributed by atoms with Gasteiger partial charge >= 0.3 is 0 Å². The van der Waals surface area contributed by atoms with Crippen molar-refractivity contribution in [3.05, 3.63) is 35.1 Å². The van der Waals surface area contributed by atoms with Gasteiger partial charge in [-0.05, 0) is 18.6 Å². The zero-order valence-electron chi connectivity index (χ0n) is 5.71. The number of hydrogen-bond acceptors (Lipinski definition) is 1. The summed E-state index contributed by atoms with van der Waals surface area (Å²) in [6, 6.07) is 1.87. The average molecular weight is 154 g/mol. The van der Waals surface area contributed by atoms with Crippen molar-refractivity contribution in [3.8, 4) is 0 Å². The number of allylic oxidation sites excluding steroid dienone is 1. The van der Waals surface area contributed by atoms with Gasteiger partial charge in [0.05, 0.1) is 5.02 Å². The molecule has 52 valence electrons. The number of nitrogens with zero attached hydrogens (tertiary/aromatic N) is 1. The topological polar surface area (TPSA) is 12.9 Å². The molecule has 0 aromatic carbocycles. The van der Waals surface area contributed by atoms with E-state index in [0.29, 0.717) is 5.02 Å². The van der Waals surface area contributed by atoms with E-state index >= 15 is 0 Å². The maximum Gasteiger partial charge on any atom is 0.0595 e. The van der Waals surface area contributed by atoms with E-state index in [4.69, 9.17) is 11.6 Å². The van der Waals surface area contributed by atoms with Crippen LogP contribution in [0.4, 0.5) is 0 Å². The van der Waals surface area contributed by atoms with Crippen LogP contribution < -0.4 is 0 Å². The number of rotatable bonds is 1. The van der Waals surface area contributed by atoms with Gasteiger partial charge in [0.25, 0.3) is 0 Å². The zero-order valence-corrected chi connectivity index (χ0v) is 6.47. The highest BCUT2D eigenvalue weighted by Crippen LogP contribution is 2.09. The van der Waals surface area contributed by atoms with Crippen LogP contribution in [-0.2, 0) is 0 Å². The zero-order chi connectivity index (χ0) is 7.40. The van der Waals surface area contributed by atoms with Crippen molar-refractivity contribution in [2.45, 2.75) is 6.92 Å². The largest absolute Gasteiger partial charge is 0.263 e. The lowest BCUT2D eigenvalue weighted by Gasteiger charge is -1.90. The Morgan fingerprint density at radius 1 is 1.50 bits per heavy atom. The van der Waals surface area contributed by atoms with Crippen molar-refractivity contribution in [1.82, 2.24) is 4.98 Å². The van der Waals surface area contributed by atoms with E-state index in [1.54, 1.807) is 12.4 Å². The molecular weight excluding hydrogens is 146 g/mol. The van der Waals surface area contributed by atoms with E-state index in [0.717, 1.165) is 5.56 Å². The minimum absolute atomic E-state index is 0.676. The van der Waals surface area contributed by atoms with Gasteiger partial charge in [-0.1, -0.05) is 23.8 Å². The van der Waals surface area contributed by atoms with Crippen LogP contribution in [0.3, 0.4) is 0 Å². The lowest BCUT2D eigenvalue weighted by molar-refractivity contribution is 1.32. The molecule has 0 bridgehead atoms. The van der Waals surface area contributed by atoms with Crippen LogP contribution in [0.5, 0.6) is 0 Å². The summed E-state index contributed by atoms with van der Waals surface area (Å²) in [5.41, 5.74) is 1.04. The second kappa shape index (κ2) is 3.37. The maximum atomic E-state index is 5.68. The molecule has 1 heterocycles. The van der Waals surface area contributed by atoms with E-state index in [1.807, 2.05) is 25.1 Å². The van der Waals surface area contributed by atoms with Gasteiger partial charge < -0.3 is 0 Å². The molecule has 0 amide bonds. The first-order valence-corrected chi connectivity index (χ1v) is 3.44. The highest BCUT2D eigenvalue weighted by atomic mass is 35.5. The van der Waals surface area contributed by atoms with Gasteiger partial charge in [-0.3, -0.25) is 4.98 Å². The molecule has 1 rings (SSSR count). The highest BCUT2D eigenvalue weighted by molar-refractivity contribution is 6.30. The predicted molar refractivity (Wildman–Crippen MR) is 44.0 cm³/mol. The van der Waals surface area contributed by atoms with Crippen LogP contribution in [0.25, 0.3) is 6.08 Å². The summed E-state index contributed by atoms with van der Waals surface area (Å²) >= 11 is 5.68. The van der Waals surface area contributed by atoms with Gasteiger partial charge in [-0.15, -0.1) is 0 Å². The summed E-state index contributed by atoms with van der Waals surface area (Å²) in [7, 11) is 0. The van der Waals surface area contributed by atoms with Crippen molar-refractivity contribution < 1.29 is 0 Å². The Hall–Kier alpha value is -0.820. The van der Waals surface area contributed by atoms with Crippen LogP contribution in [0, 0.1) is 0 Å². The third-order valence-electron chi connectivity index (χ3n) is 1.09. The van der Waals surface area contributed by atoms with Crippen LogP contribution in [0.2, 0.25) is 5.02 Å². The summed E-state index contributed by atoms with van der Waals surface area (Å²) in [6.07, 6.45) is 7.30. The minimum atomic E-state index is 0.676. The first-order chi connectivity index (χ1) is 4.83. The van der Waals surface area contributed by atoms with Crippen molar-refractivity contribution in [2.75, 3.05) is 0 Å². The molecule has 2 heteroatoms. The van der Waals surface area contributed by atoms with Gasteiger partial charge in [0.15, 0.2) is 0 Å². The quantitative estimate of drug-likeness (QED) is 0.605. The number of pyridine rings is 1. The summed E-state index contributed by atoms with van der Waals surface area (Å²) in [6.45, 7) is 1.96. The molecule has 0 N–H and O–H groups in total. The fourth-order valence-electron chi connectivity index (χ4n) is 0.712. The Morgan fingerprint density at radius 2 is 2.30 bits per heavy atom. The molecule has 0 saturated heterocycles. The summed E-state index contributed by atoms with van der Waals surface area (Å²) < 4.78 is 0. The molecule has 1 aromatic rings. The molecule has 1 aromatic heterocycles. The second-order valence-electron chi connectivity index (χ2n) is 1.94. The SMILES string of the molecule is C/C=C/c1cncc(Cl)c1. The van der Waals surface area contributed by atoms with Gasteiger partial charge in [0.2, 0.25) is 0 Å². The van der Waals surface area contributed by atoms with E-state index in [1.165, 1.54) is 0 Å². The second-order valence-corrected chi connectivity index (χ2v) is 2.37. The van der Waals surface area contributed by atoms with Crippen LogP contribution >= 0.6 is 11.6 Å². The fraction of sp³-hybridized carbons (Fsp3) is 0.125. The fourth-order valence-corrected chi connectivity index (χ4v) is 0.894. The molecule has 0 aliphatic carbocycles. The molecular formula is C8H8ClN. The Bertz CT molecular complexity index is 243. The smallest absolute Gasteiger partial charge is 0.0595 e. The molecule has 0 spiro atoms. The van der Waals surface area contributed by atoms with Crippen molar-refractivity contribution in [2.24, 2.45) is 0 Å². The standard InChI is InChI=1S/C8H8ClN/c1-2-3-7-4-8(9)6-10-5-7/h2-6H,1H3/b3-2+. The third-order valence-corrected chi connectivity index (χ3v) is 1.29. The lowest BCUT2D eigenvalue weighted by atomic mass is 10.3. The Labute approximate surface area is 65.4 Å². The molecule has 1 nitrogen and oxygen atoms in total. The van der Waals surface area contributed by atoms with E-state index < -0.39 is 0 Å². The van der Waals surface area contributed by atoms with Crippen molar-refractivity contribution in [3.63, 3.8) is 0 Å². The van der Waals surface area contributed by atoms with Gasteiger partial charge in [0, 0.05) is 12.4 Å². The highest BCUT2D eigenvalue weighted by Gasteiger charge is 1.87. The van der Waals surface area contributed by atoms with Crippen molar-refractivity contribution in [1.29, 1.82) is 0 Å². The molecule has 0 saturated carbocycles. The number of halogens is 1. The maximum absolute atomic E-state index is 5.68. The molecule has 0 radical (unpaired) electrons. The third kappa shape index (κ3) is 1.85. The van der Waals surface area contributed by atoms with Crippen LogP contribution in [0.1, 0.15) is 12.5 Å². The number of hydrogen-bond donors (Lipinski definition) is 0. The van der Waals surface area contributed by atoms with Crippen LogP contribution in [0.15, 0.2) is 24.5 Å². The van der Waals surface area contributed by atoms with Gasteiger partial charge in [0.1, 0.15) is 0 Å². The minimum Gasteiger partial charge on any atom is -0.263 e. The molecule has 0 aliphatic rings. The lowest BCUT2D eigenvalue weighted by Crippen LogP contribution is -1.74. The molecule has 0 atom stereocenters. The normalized spacial score (nSPS) is 10.6. The predicted octanol–water partition coefficient (Wildman–Crippen LogP) is 2.77. The van der Waals surface area contributed by atoms with Gasteiger partial charge in [-0.25, -0.2) is 0 Å². The molecule has 0 unspecified atom stereocenters. The number of aromatic nitrogens is 1.